The van der Waals surface area contributed by atoms with Crippen LogP contribution in [0.1, 0.15) is 26.7 Å². The minimum Gasteiger partial charge on any atom is -0.379 e. The summed E-state index contributed by atoms with van der Waals surface area (Å²) in [6.45, 7) is 4.82. The molecule has 0 aliphatic rings. The Balaban J connectivity index is 2.53. The van der Waals surface area contributed by atoms with Gasteiger partial charge >= 0.3 is 5.69 Å². The minimum absolute atomic E-state index is 0.141. The first-order valence-corrected chi connectivity index (χ1v) is 6.40. The molecule has 112 valence electrons. The zero-order valence-electron chi connectivity index (χ0n) is 11.5. The third kappa shape index (κ3) is 5.08. The van der Waals surface area contributed by atoms with E-state index in [9.17, 15) is 18.9 Å². The fourth-order valence-electron chi connectivity index (χ4n) is 1.66. The van der Waals surface area contributed by atoms with Crippen LogP contribution < -0.4 is 5.32 Å². The summed E-state index contributed by atoms with van der Waals surface area (Å²) in [7, 11) is 0. The number of ether oxygens (including phenoxy) is 1. The molecule has 0 radical (unpaired) electrons. The third-order valence-corrected chi connectivity index (χ3v) is 2.55. The van der Waals surface area contributed by atoms with Gasteiger partial charge in [0, 0.05) is 25.3 Å². The lowest BCUT2D eigenvalue weighted by Crippen LogP contribution is -2.09. The first kappa shape index (κ1) is 16.3. The van der Waals surface area contributed by atoms with Gasteiger partial charge in [0.05, 0.1) is 11.0 Å². The summed E-state index contributed by atoms with van der Waals surface area (Å²) in [5, 5.41) is 13.4. The van der Waals surface area contributed by atoms with E-state index >= 15 is 0 Å². The number of rotatable bonds is 8. The van der Waals surface area contributed by atoms with E-state index in [0.29, 0.717) is 25.6 Å². The van der Waals surface area contributed by atoms with Crippen LogP contribution in [0.15, 0.2) is 12.1 Å². The van der Waals surface area contributed by atoms with Crippen molar-refractivity contribution in [3.05, 3.63) is 33.9 Å². The van der Waals surface area contributed by atoms with Crippen LogP contribution in [-0.2, 0) is 4.74 Å². The first-order valence-electron chi connectivity index (χ1n) is 6.40. The van der Waals surface area contributed by atoms with E-state index in [1.54, 1.807) is 0 Å². The summed E-state index contributed by atoms with van der Waals surface area (Å²) < 4.78 is 31.7. The molecular formula is C13H18F2N2O3. The molecule has 0 atom stereocenters. The van der Waals surface area contributed by atoms with E-state index in [4.69, 9.17) is 4.74 Å². The summed E-state index contributed by atoms with van der Waals surface area (Å²) >= 11 is 0. The lowest BCUT2D eigenvalue weighted by molar-refractivity contribution is -0.386. The number of anilines is 1. The Morgan fingerprint density at radius 1 is 1.35 bits per heavy atom. The molecule has 1 aromatic carbocycles. The molecule has 20 heavy (non-hydrogen) atoms. The number of nitro groups is 1. The largest absolute Gasteiger partial charge is 0.379 e. The smallest absolute Gasteiger partial charge is 0.327 e. The number of hydrogen-bond acceptors (Lipinski definition) is 4. The van der Waals surface area contributed by atoms with Crippen LogP contribution >= 0.6 is 0 Å². The summed E-state index contributed by atoms with van der Waals surface area (Å²) in [5.74, 6) is -2.03. The number of unbranched alkanes of at least 4 members (excludes halogenated alkanes) is 1. The topological polar surface area (TPSA) is 64.4 Å². The lowest BCUT2D eigenvalue weighted by Gasteiger charge is -2.09. The number of hydrogen-bond donors (Lipinski definition) is 1. The maximum atomic E-state index is 13.3. The molecule has 0 amide bonds. The van der Waals surface area contributed by atoms with E-state index < -0.39 is 22.2 Å². The van der Waals surface area contributed by atoms with Crippen LogP contribution in [0, 0.1) is 21.7 Å². The maximum Gasteiger partial charge on any atom is 0.327 e. The van der Waals surface area contributed by atoms with Crippen molar-refractivity contribution in [1.82, 2.24) is 0 Å². The molecule has 0 saturated heterocycles. The van der Waals surface area contributed by atoms with Crippen LogP contribution in [0.3, 0.4) is 0 Å². The number of nitro benzene ring substituents is 1. The molecule has 0 aromatic heterocycles. The highest BCUT2D eigenvalue weighted by atomic mass is 19.1. The number of halogens is 2. The molecule has 1 N–H and O–H groups in total. The van der Waals surface area contributed by atoms with Crippen molar-refractivity contribution in [3.8, 4) is 0 Å². The van der Waals surface area contributed by atoms with E-state index in [1.807, 2.05) is 13.8 Å². The highest BCUT2D eigenvalue weighted by Crippen LogP contribution is 2.28. The van der Waals surface area contributed by atoms with Crippen molar-refractivity contribution in [3.63, 3.8) is 0 Å². The quantitative estimate of drug-likeness (QED) is 0.452. The van der Waals surface area contributed by atoms with E-state index in [0.717, 1.165) is 12.5 Å². The molecule has 1 rings (SSSR count). The van der Waals surface area contributed by atoms with E-state index in [-0.39, 0.29) is 11.8 Å². The summed E-state index contributed by atoms with van der Waals surface area (Å²) in [6.07, 6.45) is 1.60. The molecule has 1 aromatic rings. The predicted molar refractivity (Wildman–Crippen MR) is 71.8 cm³/mol. The van der Waals surface area contributed by atoms with Crippen molar-refractivity contribution < 1.29 is 18.4 Å². The molecule has 0 fully saturated rings. The second-order valence-corrected chi connectivity index (χ2v) is 4.59. The molecule has 0 aliphatic heterocycles. The fourth-order valence-corrected chi connectivity index (χ4v) is 1.66. The molecular weight excluding hydrogens is 270 g/mol. The van der Waals surface area contributed by atoms with E-state index in [1.165, 1.54) is 0 Å². The number of nitrogens with one attached hydrogen (secondary N) is 1. The standard InChI is InChI=1S/C13H18F2N2O3/c1-9(2)20-6-4-3-5-16-12-8-10(14)7-11(15)13(12)17(18)19/h7-9,16H,3-6H2,1-2H3. The van der Waals surface area contributed by atoms with Crippen molar-refractivity contribution in [2.45, 2.75) is 32.8 Å². The van der Waals surface area contributed by atoms with E-state index in [2.05, 4.69) is 5.32 Å². The Hall–Kier alpha value is -1.76. The van der Waals surface area contributed by atoms with Crippen LogP contribution in [0.4, 0.5) is 20.2 Å². The highest BCUT2D eigenvalue weighted by molar-refractivity contribution is 5.62. The normalized spacial score (nSPS) is 10.8. The van der Waals surface area contributed by atoms with Gasteiger partial charge in [-0.1, -0.05) is 0 Å². The second kappa shape index (κ2) is 7.74. The monoisotopic (exact) mass is 288 g/mol. The van der Waals surface area contributed by atoms with Gasteiger partial charge in [-0.2, -0.15) is 4.39 Å². The zero-order valence-corrected chi connectivity index (χ0v) is 11.5. The van der Waals surface area contributed by atoms with Crippen molar-refractivity contribution in [1.29, 1.82) is 0 Å². The van der Waals surface area contributed by atoms with Crippen LogP contribution in [0.25, 0.3) is 0 Å². The van der Waals surface area contributed by atoms with Crippen molar-refractivity contribution in [2.24, 2.45) is 0 Å². The van der Waals surface area contributed by atoms with Gasteiger partial charge in [0.1, 0.15) is 11.5 Å². The second-order valence-electron chi connectivity index (χ2n) is 4.59. The summed E-state index contributed by atoms with van der Waals surface area (Å²) in [5.41, 5.74) is -0.873. The minimum atomic E-state index is -1.18. The molecule has 0 unspecified atom stereocenters. The van der Waals surface area contributed by atoms with Gasteiger partial charge in [-0.15, -0.1) is 0 Å². The molecule has 0 spiro atoms. The van der Waals surface area contributed by atoms with Gasteiger partial charge in [-0.25, -0.2) is 4.39 Å². The van der Waals surface area contributed by atoms with Gasteiger partial charge in [0.25, 0.3) is 0 Å². The molecule has 0 aliphatic carbocycles. The summed E-state index contributed by atoms with van der Waals surface area (Å²) in [4.78, 5) is 9.89. The highest BCUT2D eigenvalue weighted by Gasteiger charge is 2.21. The predicted octanol–water partition coefficient (Wildman–Crippen LogP) is 3.49. The van der Waals surface area contributed by atoms with Crippen molar-refractivity contribution in [2.75, 3.05) is 18.5 Å². The Morgan fingerprint density at radius 2 is 2.05 bits per heavy atom. The molecule has 7 heteroatoms. The maximum absolute atomic E-state index is 13.3. The average Bonchev–Trinajstić information content (AvgIpc) is 2.31. The Bertz CT molecular complexity index is 467. The molecule has 0 bridgehead atoms. The van der Waals surface area contributed by atoms with Crippen LogP contribution in [-0.4, -0.2) is 24.2 Å². The van der Waals surface area contributed by atoms with Crippen LogP contribution in [0.5, 0.6) is 0 Å². The van der Waals surface area contributed by atoms with Gasteiger partial charge in [0.15, 0.2) is 0 Å². The Kier molecular flexibility index (Phi) is 6.30. The molecule has 5 nitrogen and oxygen atoms in total. The molecule has 0 saturated carbocycles. The van der Waals surface area contributed by atoms with Gasteiger partial charge in [-0.05, 0) is 26.7 Å². The van der Waals surface area contributed by atoms with Crippen LogP contribution in [0.2, 0.25) is 0 Å². The zero-order chi connectivity index (χ0) is 15.1. The van der Waals surface area contributed by atoms with Gasteiger partial charge < -0.3 is 10.1 Å². The fraction of sp³-hybridized carbons (Fsp3) is 0.538. The Morgan fingerprint density at radius 3 is 2.65 bits per heavy atom. The first-order chi connectivity index (χ1) is 9.41. The van der Waals surface area contributed by atoms with Gasteiger partial charge in [-0.3, -0.25) is 10.1 Å². The van der Waals surface area contributed by atoms with Crippen molar-refractivity contribution >= 4 is 11.4 Å². The summed E-state index contributed by atoms with van der Waals surface area (Å²) in [6, 6.07) is 1.42. The number of nitrogens with zero attached hydrogens (tertiary/aromatic N) is 1. The average molecular weight is 288 g/mol. The third-order valence-electron chi connectivity index (χ3n) is 2.55. The van der Waals surface area contributed by atoms with Gasteiger partial charge in [0.2, 0.25) is 5.82 Å². The Labute approximate surface area is 116 Å². The lowest BCUT2D eigenvalue weighted by atomic mass is 10.2. The SMILES string of the molecule is CC(C)OCCCCNc1cc(F)cc(F)c1[N+](=O)[O-]. The molecule has 0 heterocycles. The number of benzene rings is 1.